The molecule has 5 heteroatoms. The number of pyridine rings is 1. The van der Waals surface area contributed by atoms with Crippen molar-refractivity contribution in [1.29, 1.82) is 0 Å². The molecule has 0 aromatic carbocycles. The van der Waals surface area contributed by atoms with Crippen molar-refractivity contribution < 1.29 is 14.6 Å². The molecule has 1 N–H and O–H groups in total. The van der Waals surface area contributed by atoms with E-state index in [1.54, 1.807) is 12.3 Å². The number of aryl methyl sites for hydroxylation is 1. The molecule has 2 heterocycles. The molecule has 0 amide bonds. The minimum atomic E-state index is -0.956. The molecular formula is C15H20N2O3. The average molecular weight is 276 g/mol. The molecule has 1 fully saturated rings. The maximum Gasteiger partial charge on any atom is 0.328 e. The van der Waals surface area contributed by atoms with E-state index in [1.807, 2.05) is 13.0 Å². The third-order valence-corrected chi connectivity index (χ3v) is 3.37. The summed E-state index contributed by atoms with van der Waals surface area (Å²) in [5.74, 6) is -0.0116. The smallest absolute Gasteiger partial charge is 0.328 e. The van der Waals surface area contributed by atoms with Crippen molar-refractivity contribution in [3.8, 4) is 0 Å². The molecule has 0 aliphatic carbocycles. The predicted octanol–water partition coefficient (Wildman–Crippen LogP) is 2.10. The van der Waals surface area contributed by atoms with Crippen LogP contribution in [0.2, 0.25) is 0 Å². The summed E-state index contributed by atoms with van der Waals surface area (Å²) in [6, 6.07) is 2.24. The van der Waals surface area contributed by atoms with Gasteiger partial charge in [-0.1, -0.05) is 0 Å². The quantitative estimate of drug-likeness (QED) is 0.857. The highest BCUT2D eigenvalue weighted by Gasteiger charge is 2.25. The van der Waals surface area contributed by atoms with Crippen LogP contribution >= 0.6 is 0 Å². The van der Waals surface area contributed by atoms with Gasteiger partial charge in [-0.2, -0.15) is 0 Å². The first kappa shape index (κ1) is 14.5. The fourth-order valence-corrected chi connectivity index (χ4v) is 2.35. The molecule has 1 saturated heterocycles. The van der Waals surface area contributed by atoms with Gasteiger partial charge in [0.15, 0.2) is 0 Å². The molecule has 0 radical (unpaired) electrons. The first-order chi connectivity index (χ1) is 9.47. The molecule has 2 rings (SSSR count). The average Bonchev–Trinajstić information content (AvgIpc) is 2.39. The summed E-state index contributed by atoms with van der Waals surface area (Å²) in [5, 5.41) is 8.64. The molecule has 1 aliphatic rings. The Labute approximate surface area is 118 Å². The van der Waals surface area contributed by atoms with Crippen molar-refractivity contribution in [2.45, 2.75) is 32.9 Å². The van der Waals surface area contributed by atoms with Gasteiger partial charge < -0.3 is 14.7 Å². The third-order valence-electron chi connectivity index (χ3n) is 3.37. The molecule has 1 aliphatic heterocycles. The van der Waals surface area contributed by atoms with Crippen LogP contribution in [0, 0.1) is 6.92 Å². The highest BCUT2D eigenvalue weighted by molar-refractivity contribution is 5.85. The van der Waals surface area contributed by atoms with E-state index in [4.69, 9.17) is 9.84 Å². The molecule has 20 heavy (non-hydrogen) atoms. The van der Waals surface area contributed by atoms with Gasteiger partial charge in [0.2, 0.25) is 0 Å². The van der Waals surface area contributed by atoms with Gasteiger partial charge in [0.25, 0.3) is 0 Å². The summed E-state index contributed by atoms with van der Waals surface area (Å²) in [7, 11) is 0. The fourth-order valence-electron chi connectivity index (χ4n) is 2.35. The number of carboxylic acid groups (broad SMARTS) is 1. The van der Waals surface area contributed by atoms with Crippen LogP contribution in [0.3, 0.4) is 0 Å². The zero-order valence-electron chi connectivity index (χ0n) is 12.0. The van der Waals surface area contributed by atoms with Crippen LogP contribution < -0.4 is 4.90 Å². The lowest BCUT2D eigenvalue weighted by Crippen LogP contribution is -2.48. The summed E-state index contributed by atoms with van der Waals surface area (Å²) in [5.41, 5.74) is 1.83. The molecule has 5 nitrogen and oxygen atoms in total. The summed E-state index contributed by atoms with van der Waals surface area (Å²) < 4.78 is 5.62. The summed E-state index contributed by atoms with van der Waals surface area (Å²) in [6.45, 7) is 7.68. The topological polar surface area (TPSA) is 62.7 Å². The van der Waals surface area contributed by atoms with Crippen molar-refractivity contribution in [3.05, 3.63) is 29.5 Å². The van der Waals surface area contributed by atoms with Crippen molar-refractivity contribution in [1.82, 2.24) is 4.98 Å². The molecule has 0 saturated carbocycles. The molecule has 0 spiro atoms. The highest BCUT2D eigenvalue weighted by Crippen LogP contribution is 2.24. The number of aromatic nitrogens is 1. The Kier molecular flexibility index (Phi) is 4.39. The first-order valence-corrected chi connectivity index (χ1v) is 6.73. The minimum Gasteiger partial charge on any atom is -0.478 e. The van der Waals surface area contributed by atoms with Crippen LogP contribution in [-0.4, -0.2) is 41.4 Å². The molecule has 1 aromatic rings. The van der Waals surface area contributed by atoms with Crippen LogP contribution in [0.1, 0.15) is 25.0 Å². The van der Waals surface area contributed by atoms with E-state index < -0.39 is 5.97 Å². The van der Waals surface area contributed by atoms with Gasteiger partial charge in [-0.05, 0) is 44.0 Å². The van der Waals surface area contributed by atoms with Crippen LogP contribution in [0.15, 0.2) is 18.3 Å². The number of carbonyl (C=O) groups is 1. The monoisotopic (exact) mass is 276 g/mol. The highest BCUT2D eigenvalue weighted by atomic mass is 16.5. The van der Waals surface area contributed by atoms with E-state index in [2.05, 4.69) is 23.7 Å². The minimum absolute atomic E-state index is 0.194. The van der Waals surface area contributed by atoms with Crippen molar-refractivity contribution in [2.24, 2.45) is 0 Å². The maximum absolute atomic E-state index is 10.5. The number of morpholine rings is 1. The number of carboxylic acids is 1. The van der Waals surface area contributed by atoms with Gasteiger partial charge in [0.05, 0.1) is 18.8 Å². The van der Waals surface area contributed by atoms with Gasteiger partial charge >= 0.3 is 5.97 Å². The number of aliphatic carboxylic acids is 1. The molecule has 0 bridgehead atoms. The van der Waals surface area contributed by atoms with Crippen LogP contribution in [0.25, 0.3) is 6.08 Å². The van der Waals surface area contributed by atoms with Gasteiger partial charge in [-0.3, -0.25) is 0 Å². The van der Waals surface area contributed by atoms with Gasteiger partial charge in [0, 0.05) is 18.8 Å². The zero-order valence-corrected chi connectivity index (χ0v) is 12.0. The summed E-state index contributed by atoms with van der Waals surface area (Å²) >= 11 is 0. The number of nitrogens with zero attached hydrogens (tertiary/aromatic N) is 2. The Balaban J connectivity index is 2.22. The second kappa shape index (κ2) is 6.05. The second-order valence-corrected chi connectivity index (χ2v) is 5.23. The van der Waals surface area contributed by atoms with E-state index in [0.29, 0.717) is 6.61 Å². The molecular weight excluding hydrogens is 256 g/mol. The molecule has 1 aromatic heterocycles. The Bertz CT molecular complexity index is 528. The van der Waals surface area contributed by atoms with Gasteiger partial charge in [-0.15, -0.1) is 0 Å². The van der Waals surface area contributed by atoms with Gasteiger partial charge in [0.1, 0.15) is 5.82 Å². The molecule has 2 atom stereocenters. The molecule has 2 unspecified atom stereocenters. The Hall–Kier alpha value is -1.88. The number of hydrogen-bond donors (Lipinski definition) is 1. The Morgan fingerprint density at radius 1 is 1.55 bits per heavy atom. The molecule has 108 valence electrons. The largest absolute Gasteiger partial charge is 0.478 e. The zero-order chi connectivity index (χ0) is 14.7. The van der Waals surface area contributed by atoms with Crippen molar-refractivity contribution in [2.75, 3.05) is 18.1 Å². The summed E-state index contributed by atoms with van der Waals surface area (Å²) in [4.78, 5) is 17.3. The van der Waals surface area contributed by atoms with E-state index in [9.17, 15) is 4.79 Å². The second-order valence-electron chi connectivity index (χ2n) is 5.23. The normalized spacial score (nSPS) is 23.2. The van der Waals surface area contributed by atoms with Crippen LogP contribution in [-0.2, 0) is 9.53 Å². The van der Waals surface area contributed by atoms with E-state index in [-0.39, 0.29) is 12.1 Å². The van der Waals surface area contributed by atoms with E-state index in [0.717, 1.165) is 29.6 Å². The standard InChI is InChI=1S/C15H20N2O3/c1-10-6-13(4-5-14(18)19)7-16-15(10)17-8-12(3)20-9-11(17)2/h4-7,11-12H,8-9H2,1-3H3,(H,18,19)/b5-4+. The van der Waals surface area contributed by atoms with Crippen LogP contribution in [0.4, 0.5) is 5.82 Å². The first-order valence-electron chi connectivity index (χ1n) is 6.73. The van der Waals surface area contributed by atoms with Crippen molar-refractivity contribution >= 4 is 17.9 Å². The maximum atomic E-state index is 10.5. The Morgan fingerprint density at radius 2 is 2.30 bits per heavy atom. The summed E-state index contributed by atoms with van der Waals surface area (Å²) in [6.07, 6.45) is 4.57. The lowest BCUT2D eigenvalue weighted by Gasteiger charge is -2.38. The lowest BCUT2D eigenvalue weighted by atomic mass is 10.1. The predicted molar refractivity (Wildman–Crippen MR) is 77.9 cm³/mol. The lowest BCUT2D eigenvalue weighted by molar-refractivity contribution is -0.131. The third kappa shape index (κ3) is 3.36. The van der Waals surface area contributed by atoms with E-state index in [1.165, 1.54) is 0 Å². The van der Waals surface area contributed by atoms with Crippen molar-refractivity contribution in [3.63, 3.8) is 0 Å². The number of anilines is 1. The van der Waals surface area contributed by atoms with E-state index >= 15 is 0 Å². The van der Waals surface area contributed by atoms with Crippen LogP contribution in [0.5, 0.6) is 0 Å². The Morgan fingerprint density at radius 3 is 2.95 bits per heavy atom. The number of rotatable bonds is 3. The number of ether oxygens (including phenoxy) is 1. The fraction of sp³-hybridized carbons (Fsp3) is 0.467. The van der Waals surface area contributed by atoms with Gasteiger partial charge in [-0.25, -0.2) is 9.78 Å². The SMILES string of the molecule is Cc1cc(/C=C/C(=O)O)cnc1N1CC(C)OCC1C. The number of hydrogen-bond acceptors (Lipinski definition) is 4.